The molecule has 21 heavy (non-hydrogen) atoms. The Bertz CT molecular complexity index is 254. The lowest BCUT2D eigenvalue weighted by Crippen LogP contribution is -2.46. The van der Waals surface area contributed by atoms with Crippen LogP contribution in [0.3, 0.4) is 0 Å². The van der Waals surface area contributed by atoms with Gasteiger partial charge in [-0.2, -0.15) is 0 Å². The SMILES string of the molecule is CCCCCC[Si](OCC)(OCC)OCCOC(=O)CC. The van der Waals surface area contributed by atoms with Crippen LogP contribution < -0.4 is 0 Å². The molecular weight excluding hydrogens is 288 g/mol. The van der Waals surface area contributed by atoms with Crippen LogP contribution in [0.2, 0.25) is 6.04 Å². The molecule has 0 heterocycles. The van der Waals surface area contributed by atoms with Crippen LogP contribution in [0.4, 0.5) is 0 Å². The smallest absolute Gasteiger partial charge is 0.463 e. The van der Waals surface area contributed by atoms with E-state index in [-0.39, 0.29) is 12.6 Å². The van der Waals surface area contributed by atoms with Crippen LogP contribution in [0, 0.1) is 0 Å². The lowest BCUT2D eigenvalue weighted by Gasteiger charge is -2.29. The van der Waals surface area contributed by atoms with E-state index < -0.39 is 8.80 Å². The molecule has 0 unspecified atom stereocenters. The van der Waals surface area contributed by atoms with Gasteiger partial charge in [-0.25, -0.2) is 0 Å². The second kappa shape index (κ2) is 13.2. The summed E-state index contributed by atoms with van der Waals surface area (Å²) in [6.45, 7) is 9.62. The first-order valence-electron chi connectivity index (χ1n) is 8.21. The highest BCUT2D eigenvalue weighted by atomic mass is 28.4. The van der Waals surface area contributed by atoms with Crippen LogP contribution in [0.25, 0.3) is 0 Å². The molecule has 0 aliphatic rings. The Labute approximate surface area is 130 Å². The quantitative estimate of drug-likeness (QED) is 0.278. The Hall–Kier alpha value is -0.433. The number of unbranched alkanes of at least 4 members (excludes halogenated alkanes) is 3. The van der Waals surface area contributed by atoms with Gasteiger partial charge in [0.2, 0.25) is 0 Å². The van der Waals surface area contributed by atoms with E-state index in [9.17, 15) is 4.79 Å². The van der Waals surface area contributed by atoms with Gasteiger partial charge in [0.25, 0.3) is 0 Å². The van der Waals surface area contributed by atoms with Crippen LogP contribution in [0.5, 0.6) is 0 Å². The first kappa shape index (κ1) is 20.6. The largest absolute Gasteiger partial charge is 0.501 e. The van der Waals surface area contributed by atoms with E-state index in [2.05, 4.69) is 6.92 Å². The van der Waals surface area contributed by atoms with Crippen molar-refractivity contribution < 1.29 is 22.8 Å². The predicted octanol–water partition coefficient (Wildman–Crippen LogP) is 3.55. The molecule has 0 N–H and O–H groups in total. The summed E-state index contributed by atoms with van der Waals surface area (Å²) in [5.41, 5.74) is 0. The zero-order chi connectivity index (χ0) is 16.0. The molecule has 0 aromatic heterocycles. The summed E-state index contributed by atoms with van der Waals surface area (Å²) >= 11 is 0. The van der Waals surface area contributed by atoms with Gasteiger partial charge in [0.05, 0.1) is 6.61 Å². The number of carbonyl (C=O) groups excluding carboxylic acids is 1. The Balaban J connectivity index is 4.29. The summed E-state index contributed by atoms with van der Waals surface area (Å²) in [6, 6.07) is 0.830. The number of hydrogen-bond acceptors (Lipinski definition) is 5. The fraction of sp³-hybridized carbons (Fsp3) is 0.933. The third-order valence-corrected chi connectivity index (χ3v) is 6.09. The molecule has 126 valence electrons. The third kappa shape index (κ3) is 10.0. The highest BCUT2D eigenvalue weighted by Gasteiger charge is 2.39. The van der Waals surface area contributed by atoms with Gasteiger partial charge >= 0.3 is 14.8 Å². The minimum atomic E-state index is -2.62. The maximum atomic E-state index is 11.1. The van der Waals surface area contributed by atoms with Crippen molar-refractivity contribution in [2.24, 2.45) is 0 Å². The third-order valence-electron chi connectivity index (χ3n) is 3.02. The molecule has 0 rings (SSSR count). The van der Waals surface area contributed by atoms with E-state index in [0.29, 0.717) is 26.2 Å². The van der Waals surface area contributed by atoms with Crippen molar-refractivity contribution in [3.63, 3.8) is 0 Å². The molecular formula is C15H32O5Si. The molecule has 0 saturated carbocycles. The molecule has 0 saturated heterocycles. The van der Waals surface area contributed by atoms with Gasteiger partial charge < -0.3 is 18.0 Å². The van der Waals surface area contributed by atoms with E-state index in [0.717, 1.165) is 12.5 Å². The summed E-state index contributed by atoms with van der Waals surface area (Å²) < 4.78 is 22.6. The summed E-state index contributed by atoms with van der Waals surface area (Å²) in [4.78, 5) is 11.1. The number of carbonyl (C=O) groups is 1. The molecule has 0 aliphatic carbocycles. The molecule has 0 atom stereocenters. The average Bonchev–Trinajstić information content (AvgIpc) is 2.48. The molecule has 5 nitrogen and oxygen atoms in total. The van der Waals surface area contributed by atoms with Gasteiger partial charge in [-0.1, -0.05) is 33.1 Å². The fourth-order valence-corrected chi connectivity index (χ4v) is 4.64. The van der Waals surface area contributed by atoms with Crippen molar-refractivity contribution >= 4 is 14.8 Å². The Morgan fingerprint density at radius 1 is 0.857 bits per heavy atom. The zero-order valence-corrected chi connectivity index (χ0v) is 15.1. The lowest BCUT2D eigenvalue weighted by atomic mass is 10.2. The van der Waals surface area contributed by atoms with Crippen molar-refractivity contribution in [1.29, 1.82) is 0 Å². The standard InChI is InChI=1S/C15H32O5Si/c1-5-9-10-11-14-21(18-7-3,19-8-4)20-13-12-17-15(16)6-2/h5-14H2,1-4H3. The fourth-order valence-electron chi connectivity index (χ4n) is 2.00. The van der Waals surface area contributed by atoms with Crippen LogP contribution in [-0.2, 0) is 22.8 Å². The van der Waals surface area contributed by atoms with Crippen LogP contribution >= 0.6 is 0 Å². The summed E-state index contributed by atoms with van der Waals surface area (Å²) in [6.07, 6.45) is 5.02. The van der Waals surface area contributed by atoms with Gasteiger partial charge in [-0.15, -0.1) is 0 Å². The topological polar surface area (TPSA) is 54.0 Å². The molecule has 0 aromatic carbocycles. The summed E-state index contributed by atoms with van der Waals surface area (Å²) in [7, 11) is -2.62. The Morgan fingerprint density at radius 3 is 2.05 bits per heavy atom. The molecule has 0 bridgehead atoms. The van der Waals surface area contributed by atoms with E-state index in [4.69, 9.17) is 18.0 Å². The molecule has 0 aromatic rings. The highest BCUT2D eigenvalue weighted by Crippen LogP contribution is 2.20. The first-order chi connectivity index (χ1) is 10.1. The number of hydrogen-bond donors (Lipinski definition) is 0. The maximum Gasteiger partial charge on any atom is 0.501 e. The van der Waals surface area contributed by atoms with Gasteiger partial charge in [-0.3, -0.25) is 4.79 Å². The monoisotopic (exact) mass is 320 g/mol. The Kier molecular flexibility index (Phi) is 13.0. The minimum Gasteiger partial charge on any atom is -0.463 e. The average molecular weight is 321 g/mol. The highest BCUT2D eigenvalue weighted by molar-refractivity contribution is 6.60. The van der Waals surface area contributed by atoms with Gasteiger partial charge in [-0.05, 0) is 20.3 Å². The van der Waals surface area contributed by atoms with Crippen molar-refractivity contribution in [1.82, 2.24) is 0 Å². The molecule has 0 radical (unpaired) electrons. The van der Waals surface area contributed by atoms with Crippen LogP contribution in [-0.4, -0.2) is 41.2 Å². The lowest BCUT2D eigenvalue weighted by molar-refractivity contribution is -0.144. The van der Waals surface area contributed by atoms with E-state index >= 15 is 0 Å². The van der Waals surface area contributed by atoms with Crippen molar-refractivity contribution in [2.45, 2.75) is 65.8 Å². The molecule has 0 aliphatic heterocycles. The van der Waals surface area contributed by atoms with Crippen LogP contribution in [0.15, 0.2) is 0 Å². The second-order valence-electron chi connectivity index (χ2n) is 4.78. The normalized spacial score (nSPS) is 11.6. The minimum absolute atomic E-state index is 0.207. The molecule has 0 amide bonds. The van der Waals surface area contributed by atoms with Gasteiger partial charge in [0.1, 0.15) is 6.61 Å². The number of esters is 1. The van der Waals surface area contributed by atoms with E-state index in [1.807, 2.05) is 13.8 Å². The van der Waals surface area contributed by atoms with Crippen molar-refractivity contribution in [3.05, 3.63) is 0 Å². The summed E-state index contributed by atoms with van der Waals surface area (Å²) in [5.74, 6) is -0.207. The van der Waals surface area contributed by atoms with Crippen molar-refractivity contribution in [2.75, 3.05) is 26.4 Å². The van der Waals surface area contributed by atoms with E-state index in [1.54, 1.807) is 6.92 Å². The molecule has 0 fully saturated rings. The van der Waals surface area contributed by atoms with Crippen LogP contribution in [0.1, 0.15) is 59.8 Å². The first-order valence-corrected chi connectivity index (χ1v) is 10.1. The van der Waals surface area contributed by atoms with E-state index in [1.165, 1.54) is 19.3 Å². The zero-order valence-electron chi connectivity index (χ0n) is 14.1. The number of rotatable bonds is 14. The van der Waals surface area contributed by atoms with Gasteiger partial charge in [0.15, 0.2) is 0 Å². The summed E-state index contributed by atoms with van der Waals surface area (Å²) in [5, 5.41) is 0. The number of ether oxygens (including phenoxy) is 1. The maximum absolute atomic E-state index is 11.1. The molecule has 0 spiro atoms. The predicted molar refractivity (Wildman–Crippen MR) is 85.2 cm³/mol. The second-order valence-corrected chi connectivity index (χ2v) is 7.51. The van der Waals surface area contributed by atoms with Gasteiger partial charge in [0, 0.05) is 25.7 Å². The van der Waals surface area contributed by atoms with Crippen molar-refractivity contribution in [3.8, 4) is 0 Å². The molecule has 6 heteroatoms. The Morgan fingerprint density at radius 2 is 1.52 bits per heavy atom.